The van der Waals surface area contributed by atoms with Gasteiger partial charge in [0.1, 0.15) is 0 Å². The van der Waals surface area contributed by atoms with Gasteiger partial charge in [-0.1, -0.05) is 0 Å². The Morgan fingerprint density at radius 3 is 2.31 bits per heavy atom. The van der Waals surface area contributed by atoms with Crippen molar-refractivity contribution in [2.24, 2.45) is 0 Å². The summed E-state index contributed by atoms with van der Waals surface area (Å²) in [5.41, 5.74) is 3.12. The molecule has 2 atom stereocenters. The second kappa shape index (κ2) is 8.54. The Hall–Kier alpha value is -2.08. The Balaban J connectivity index is 2.31. The number of carbonyl (C=O) groups is 2. The second-order valence-electron chi connectivity index (χ2n) is 6.76. The topological polar surface area (TPSA) is 60.8 Å². The van der Waals surface area contributed by atoms with Crippen LogP contribution < -0.4 is 0 Å². The number of amides is 1. The van der Waals surface area contributed by atoms with Crippen LogP contribution in [0.3, 0.4) is 0 Å². The molecule has 1 aliphatic rings. The van der Waals surface area contributed by atoms with Gasteiger partial charge in [-0.15, -0.1) is 0 Å². The Morgan fingerprint density at radius 1 is 1.15 bits per heavy atom. The molecule has 144 valence electrons. The highest BCUT2D eigenvalue weighted by atomic mass is 16.5. The largest absolute Gasteiger partial charge is 0.462 e. The van der Waals surface area contributed by atoms with E-state index in [1.54, 1.807) is 24.0 Å². The van der Waals surface area contributed by atoms with E-state index in [4.69, 9.17) is 9.47 Å². The van der Waals surface area contributed by atoms with Gasteiger partial charge in [-0.3, -0.25) is 4.79 Å². The molecule has 0 N–H and O–H groups in total. The van der Waals surface area contributed by atoms with Gasteiger partial charge in [0, 0.05) is 42.7 Å². The van der Waals surface area contributed by atoms with E-state index in [1.807, 2.05) is 34.6 Å². The minimum atomic E-state index is -0.346. The third-order valence-corrected chi connectivity index (χ3v) is 4.75. The first-order valence-corrected chi connectivity index (χ1v) is 9.29. The highest BCUT2D eigenvalue weighted by Gasteiger charge is 2.25. The van der Waals surface area contributed by atoms with Gasteiger partial charge in [0.15, 0.2) is 0 Å². The zero-order valence-corrected chi connectivity index (χ0v) is 16.7. The number of nitrogens with zero attached hydrogens (tertiary/aromatic N) is 2. The number of aromatic nitrogens is 1. The molecule has 0 aliphatic carbocycles. The quantitative estimate of drug-likeness (QED) is 0.597. The van der Waals surface area contributed by atoms with Crippen LogP contribution in [-0.2, 0) is 20.8 Å². The molecule has 0 saturated carbocycles. The van der Waals surface area contributed by atoms with Gasteiger partial charge >= 0.3 is 5.97 Å². The van der Waals surface area contributed by atoms with Crippen molar-refractivity contribution in [2.75, 3.05) is 19.7 Å². The number of hydrogen-bond donors (Lipinski definition) is 0. The number of carbonyl (C=O) groups excluding carboxylic acids is 2. The number of esters is 1. The molecule has 1 fully saturated rings. The zero-order chi connectivity index (χ0) is 19.4. The van der Waals surface area contributed by atoms with Gasteiger partial charge < -0.3 is 18.9 Å². The van der Waals surface area contributed by atoms with E-state index in [9.17, 15) is 9.59 Å². The summed E-state index contributed by atoms with van der Waals surface area (Å²) >= 11 is 0. The third-order valence-electron chi connectivity index (χ3n) is 4.75. The standard InChI is InChI=1S/C20H30N2O4/c1-7-22-15(5)17(19(16(22)6)20(24)25-8-2)9-10-18(23)21-11-13(3)26-14(4)12-21/h9-10,13-14H,7-8,11-12H2,1-6H3/b10-9+. The van der Waals surface area contributed by atoms with Crippen LogP contribution >= 0.6 is 0 Å². The van der Waals surface area contributed by atoms with Gasteiger partial charge in [-0.05, 0) is 47.6 Å². The summed E-state index contributed by atoms with van der Waals surface area (Å²) in [6.07, 6.45) is 3.34. The molecule has 0 bridgehead atoms. The Labute approximate surface area is 155 Å². The highest BCUT2D eigenvalue weighted by molar-refractivity contribution is 5.98. The average molecular weight is 362 g/mol. The molecule has 6 nitrogen and oxygen atoms in total. The van der Waals surface area contributed by atoms with Gasteiger partial charge in [-0.2, -0.15) is 0 Å². The van der Waals surface area contributed by atoms with Crippen molar-refractivity contribution >= 4 is 18.0 Å². The molecule has 0 spiro atoms. The van der Waals surface area contributed by atoms with Gasteiger partial charge in [0.2, 0.25) is 5.91 Å². The molecule has 1 aromatic heterocycles. The summed E-state index contributed by atoms with van der Waals surface area (Å²) in [5, 5.41) is 0. The highest BCUT2D eigenvalue weighted by Crippen LogP contribution is 2.25. The fourth-order valence-electron chi connectivity index (χ4n) is 3.66. The number of hydrogen-bond acceptors (Lipinski definition) is 4. The summed E-state index contributed by atoms with van der Waals surface area (Å²) in [6, 6.07) is 0. The predicted molar refractivity (Wildman–Crippen MR) is 101 cm³/mol. The molecule has 2 unspecified atom stereocenters. The lowest BCUT2D eigenvalue weighted by Gasteiger charge is -2.34. The summed E-state index contributed by atoms with van der Waals surface area (Å²) in [5.74, 6) is -0.413. The minimum Gasteiger partial charge on any atom is -0.462 e. The monoisotopic (exact) mass is 362 g/mol. The van der Waals surface area contributed by atoms with Crippen molar-refractivity contribution in [3.05, 3.63) is 28.6 Å². The first kappa shape index (κ1) is 20.2. The van der Waals surface area contributed by atoms with E-state index in [0.717, 1.165) is 23.5 Å². The molecule has 1 aliphatic heterocycles. The van der Waals surface area contributed by atoms with Crippen molar-refractivity contribution < 1.29 is 19.1 Å². The molecule has 0 radical (unpaired) electrons. The smallest absolute Gasteiger partial charge is 0.340 e. The average Bonchev–Trinajstić information content (AvgIpc) is 2.81. The maximum absolute atomic E-state index is 12.6. The van der Waals surface area contributed by atoms with Crippen LogP contribution in [0.4, 0.5) is 0 Å². The van der Waals surface area contributed by atoms with Crippen molar-refractivity contribution in [1.29, 1.82) is 0 Å². The predicted octanol–water partition coefficient (Wildman–Crippen LogP) is 2.95. The Kier molecular flexibility index (Phi) is 6.64. The van der Waals surface area contributed by atoms with E-state index >= 15 is 0 Å². The van der Waals surface area contributed by atoms with Crippen LogP contribution in [0.2, 0.25) is 0 Å². The van der Waals surface area contributed by atoms with Crippen molar-refractivity contribution in [2.45, 2.75) is 60.3 Å². The van der Waals surface area contributed by atoms with Crippen LogP contribution in [0, 0.1) is 13.8 Å². The number of ether oxygens (including phenoxy) is 2. The second-order valence-corrected chi connectivity index (χ2v) is 6.76. The summed E-state index contributed by atoms with van der Waals surface area (Å²) < 4.78 is 13.0. The van der Waals surface area contributed by atoms with Crippen LogP contribution in [-0.4, -0.2) is 53.2 Å². The molecule has 26 heavy (non-hydrogen) atoms. The first-order chi connectivity index (χ1) is 12.3. The van der Waals surface area contributed by atoms with Crippen molar-refractivity contribution in [1.82, 2.24) is 9.47 Å². The van der Waals surface area contributed by atoms with E-state index in [0.29, 0.717) is 25.3 Å². The van der Waals surface area contributed by atoms with Gasteiger partial charge in [-0.25, -0.2) is 4.79 Å². The maximum Gasteiger partial charge on any atom is 0.340 e. The summed E-state index contributed by atoms with van der Waals surface area (Å²) in [4.78, 5) is 26.8. The SMILES string of the molecule is CCOC(=O)c1c(/C=C/C(=O)N2CC(C)OC(C)C2)c(C)n(CC)c1C. The number of rotatable bonds is 5. The van der Waals surface area contributed by atoms with Crippen molar-refractivity contribution in [3.8, 4) is 0 Å². The third kappa shape index (κ3) is 4.18. The molecule has 1 aromatic rings. The molecule has 1 saturated heterocycles. The van der Waals surface area contributed by atoms with Crippen LogP contribution in [0.25, 0.3) is 6.08 Å². The fourth-order valence-corrected chi connectivity index (χ4v) is 3.66. The van der Waals surface area contributed by atoms with Crippen LogP contribution in [0.15, 0.2) is 6.08 Å². The molecule has 2 rings (SSSR count). The van der Waals surface area contributed by atoms with E-state index < -0.39 is 0 Å². The van der Waals surface area contributed by atoms with Crippen LogP contribution in [0.5, 0.6) is 0 Å². The fraction of sp³-hybridized carbons (Fsp3) is 0.600. The lowest BCUT2D eigenvalue weighted by atomic mass is 10.1. The van der Waals surface area contributed by atoms with E-state index in [1.165, 1.54) is 0 Å². The molecular weight excluding hydrogens is 332 g/mol. The van der Waals surface area contributed by atoms with E-state index in [-0.39, 0.29) is 24.1 Å². The Morgan fingerprint density at radius 2 is 1.77 bits per heavy atom. The molecule has 0 aromatic carbocycles. The summed E-state index contributed by atoms with van der Waals surface area (Å²) in [6.45, 7) is 13.8. The van der Waals surface area contributed by atoms with E-state index in [2.05, 4.69) is 4.57 Å². The number of morpholine rings is 1. The molecule has 2 heterocycles. The van der Waals surface area contributed by atoms with Crippen LogP contribution in [0.1, 0.15) is 55.0 Å². The maximum atomic E-state index is 12.6. The van der Waals surface area contributed by atoms with Crippen molar-refractivity contribution in [3.63, 3.8) is 0 Å². The molecular formula is C20H30N2O4. The normalized spacial score (nSPS) is 20.6. The van der Waals surface area contributed by atoms with Gasteiger partial charge in [0.25, 0.3) is 0 Å². The lowest BCUT2D eigenvalue weighted by molar-refractivity contribution is -0.137. The lowest BCUT2D eigenvalue weighted by Crippen LogP contribution is -2.47. The first-order valence-electron chi connectivity index (χ1n) is 9.29. The van der Waals surface area contributed by atoms with Gasteiger partial charge in [0.05, 0.1) is 24.4 Å². The summed E-state index contributed by atoms with van der Waals surface area (Å²) in [7, 11) is 0. The Bertz CT molecular complexity index is 695. The molecule has 6 heteroatoms. The zero-order valence-electron chi connectivity index (χ0n) is 16.7. The minimum absolute atomic E-state index is 0.0244. The molecule has 1 amide bonds.